The summed E-state index contributed by atoms with van der Waals surface area (Å²) in [6.45, 7) is 0. The van der Waals surface area contributed by atoms with E-state index in [0.29, 0.717) is 0 Å². The van der Waals surface area contributed by atoms with Gasteiger partial charge in [0, 0.05) is 10.7 Å². The normalized spacial score (nSPS) is 10.1. The Morgan fingerprint density at radius 2 is 1.89 bits per heavy atom. The molecule has 0 radical (unpaired) electrons. The zero-order chi connectivity index (χ0) is 13.8. The third kappa shape index (κ3) is 3.51. The summed E-state index contributed by atoms with van der Waals surface area (Å²) in [7, 11) is 0. The standard InChI is InChI=1S/C11H5BrF3N3/c12-8-1-2-10(9(3-8)11(13,14)15)18-6-7(4-16)5-17/h1-3,6,18H. The van der Waals surface area contributed by atoms with E-state index in [1.54, 1.807) is 0 Å². The Morgan fingerprint density at radius 1 is 1.28 bits per heavy atom. The first-order valence-corrected chi connectivity index (χ1v) is 5.31. The fourth-order valence-corrected chi connectivity index (χ4v) is 1.48. The minimum atomic E-state index is -4.53. The Bertz CT molecular complexity index is 548. The fourth-order valence-electron chi connectivity index (χ4n) is 1.12. The molecule has 0 saturated carbocycles. The van der Waals surface area contributed by atoms with E-state index in [0.717, 1.165) is 12.3 Å². The number of rotatable bonds is 2. The molecule has 92 valence electrons. The van der Waals surface area contributed by atoms with E-state index in [1.807, 2.05) is 0 Å². The van der Waals surface area contributed by atoms with Gasteiger partial charge in [0.05, 0.1) is 11.3 Å². The minimum Gasteiger partial charge on any atom is -0.359 e. The van der Waals surface area contributed by atoms with Gasteiger partial charge in [0.25, 0.3) is 0 Å². The third-order valence-electron chi connectivity index (χ3n) is 1.90. The van der Waals surface area contributed by atoms with Crippen LogP contribution in [0.2, 0.25) is 0 Å². The lowest BCUT2D eigenvalue weighted by molar-refractivity contribution is -0.137. The van der Waals surface area contributed by atoms with E-state index in [-0.39, 0.29) is 15.7 Å². The maximum Gasteiger partial charge on any atom is 0.418 e. The van der Waals surface area contributed by atoms with Gasteiger partial charge in [-0.3, -0.25) is 0 Å². The molecule has 1 rings (SSSR count). The summed E-state index contributed by atoms with van der Waals surface area (Å²) in [5.41, 5.74) is -1.43. The highest BCUT2D eigenvalue weighted by Crippen LogP contribution is 2.36. The first kappa shape index (κ1) is 14.1. The lowest BCUT2D eigenvalue weighted by Crippen LogP contribution is -2.08. The summed E-state index contributed by atoms with van der Waals surface area (Å²) >= 11 is 2.95. The van der Waals surface area contributed by atoms with Gasteiger partial charge in [-0.05, 0) is 18.2 Å². The van der Waals surface area contributed by atoms with Crippen molar-refractivity contribution >= 4 is 21.6 Å². The van der Waals surface area contributed by atoms with Crippen LogP contribution in [0, 0.1) is 22.7 Å². The van der Waals surface area contributed by atoms with Crippen molar-refractivity contribution < 1.29 is 13.2 Å². The Kier molecular flexibility index (Phi) is 4.35. The smallest absolute Gasteiger partial charge is 0.359 e. The van der Waals surface area contributed by atoms with Crippen LogP contribution in [0.4, 0.5) is 18.9 Å². The number of allylic oxidation sites excluding steroid dienone is 1. The number of halogens is 4. The van der Waals surface area contributed by atoms with Crippen LogP contribution in [0.25, 0.3) is 0 Å². The second-order valence-electron chi connectivity index (χ2n) is 3.11. The molecule has 0 aliphatic heterocycles. The predicted octanol–water partition coefficient (Wildman–Crippen LogP) is 3.81. The number of anilines is 1. The number of nitriles is 2. The highest BCUT2D eigenvalue weighted by atomic mass is 79.9. The van der Waals surface area contributed by atoms with Gasteiger partial charge in [-0.25, -0.2) is 0 Å². The van der Waals surface area contributed by atoms with Crippen LogP contribution in [-0.2, 0) is 6.18 Å². The molecule has 0 amide bonds. The molecule has 18 heavy (non-hydrogen) atoms. The first-order chi connectivity index (χ1) is 8.38. The van der Waals surface area contributed by atoms with Crippen LogP contribution in [0.1, 0.15) is 5.56 Å². The van der Waals surface area contributed by atoms with Gasteiger partial charge in [-0.2, -0.15) is 23.7 Å². The van der Waals surface area contributed by atoms with Crippen LogP contribution in [0.5, 0.6) is 0 Å². The van der Waals surface area contributed by atoms with Crippen molar-refractivity contribution in [3.63, 3.8) is 0 Å². The van der Waals surface area contributed by atoms with E-state index >= 15 is 0 Å². The van der Waals surface area contributed by atoms with E-state index in [4.69, 9.17) is 10.5 Å². The average molecular weight is 316 g/mol. The van der Waals surface area contributed by atoms with Crippen molar-refractivity contribution in [1.82, 2.24) is 0 Å². The molecular formula is C11H5BrF3N3. The maximum atomic E-state index is 12.7. The van der Waals surface area contributed by atoms with E-state index in [9.17, 15) is 13.2 Å². The molecule has 3 nitrogen and oxygen atoms in total. The number of hydrogen-bond donors (Lipinski definition) is 1. The van der Waals surface area contributed by atoms with Crippen molar-refractivity contribution in [2.24, 2.45) is 0 Å². The molecule has 7 heteroatoms. The Balaban J connectivity index is 3.16. The zero-order valence-corrected chi connectivity index (χ0v) is 10.3. The molecule has 0 aliphatic carbocycles. The summed E-state index contributed by atoms with van der Waals surface area (Å²) in [4.78, 5) is 0. The number of nitrogens with one attached hydrogen (secondary N) is 1. The number of hydrogen-bond acceptors (Lipinski definition) is 3. The van der Waals surface area contributed by atoms with Gasteiger partial charge in [0.15, 0.2) is 0 Å². The van der Waals surface area contributed by atoms with Crippen molar-refractivity contribution in [1.29, 1.82) is 10.5 Å². The van der Waals surface area contributed by atoms with Gasteiger partial charge >= 0.3 is 6.18 Å². The highest BCUT2D eigenvalue weighted by molar-refractivity contribution is 9.10. The van der Waals surface area contributed by atoms with Crippen molar-refractivity contribution in [3.05, 3.63) is 40.0 Å². The highest BCUT2D eigenvalue weighted by Gasteiger charge is 2.33. The Morgan fingerprint density at radius 3 is 2.39 bits per heavy atom. The second-order valence-corrected chi connectivity index (χ2v) is 4.03. The van der Waals surface area contributed by atoms with E-state index in [1.165, 1.54) is 24.3 Å². The SMILES string of the molecule is N#CC(C#N)=CNc1ccc(Br)cc1C(F)(F)F. The summed E-state index contributed by atoms with van der Waals surface area (Å²) in [5, 5.41) is 19.2. The van der Waals surface area contributed by atoms with Crippen LogP contribution in [0.15, 0.2) is 34.4 Å². The molecule has 0 atom stereocenters. The molecule has 0 aromatic heterocycles. The molecule has 1 aromatic carbocycles. The summed E-state index contributed by atoms with van der Waals surface area (Å²) in [6.07, 6.45) is -3.60. The molecule has 0 saturated heterocycles. The Labute approximate surface area is 109 Å². The number of nitrogens with zero attached hydrogens (tertiary/aromatic N) is 2. The van der Waals surface area contributed by atoms with Crippen LogP contribution >= 0.6 is 15.9 Å². The third-order valence-corrected chi connectivity index (χ3v) is 2.39. The summed E-state index contributed by atoms with van der Waals surface area (Å²) in [6, 6.07) is 6.61. The first-order valence-electron chi connectivity index (χ1n) is 4.52. The molecule has 0 spiro atoms. The Hall–Kier alpha value is -1.99. The number of benzene rings is 1. The maximum absolute atomic E-state index is 12.7. The monoisotopic (exact) mass is 315 g/mol. The molecule has 1 N–H and O–H groups in total. The van der Waals surface area contributed by atoms with Crippen LogP contribution < -0.4 is 5.32 Å². The van der Waals surface area contributed by atoms with Gasteiger partial charge in [-0.15, -0.1) is 0 Å². The molecule has 0 fully saturated rings. The van der Waals surface area contributed by atoms with E-state index < -0.39 is 11.7 Å². The minimum absolute atomic E-state index is 0.228. The van der Waals surface area contributed by atoms with Gasteiger partial charge < -0.3 is 5.32 Å². The largest absolute Gasteiger partial charge is 0.418 e. The van der Waals surface area contributed by atoms with Crippen LogP contribution in [0.3, 0.4) is 0 Å². The topological polar surface area (TPSA) is 59.6 Å². The van der Waals surface area contributed by atoms with Crippen LogP contribution in [-0.4, -0.2) is 0 Å². The zero-order valence-electron chi connectivity index (χ0n) is 8.72. The second kappa shape index (κ2) is 5.56. The van der Waals surface area contributed by atoms with E-state index in [2.05, 4.69) is 21.2 Å². The average Bonchev–Trinajstić information content (AvgIpc) is 2.30. The molecular weight excluding hydrogens is 311 g/mol. The molecule has 0 aliphatic rings. The number of alkyl halides is 3. The molecule has 0 unspecified atom stereocenters. The summed E-state index contributed by atoms with van der Waals surface area (Å²) in [5.74, 6) is 0. The molecule has 0 bridgehead atoms. The van der Waals surface area contributed by atoms with Gasteiger partial charge in [-0.1, -0.05) is 15.9 Å². The van der Waals surface area contributed by atoms with Crippen molar-refractivity contribution in [3.8, 4) is 12.1 Å². The molecule has 0 heterocycles. The quantitative estimate of drug-likeness (QED) is 0.844. The predicted molar refractivity (Wildman–Crippen MR) is 62.1 cm³/mol. The lowest BCUT2D eigenvalue weighted by Gasteiger charge is -2.12. The van der Waals surface area contributed by atoms with Gasteiger partial charge in [0.1, 0.15) is 17.7 Å². The lowest BCUT2D eigenvalue weighted by atomic mass is 10.1. The summed E-state index contributed by atoms with van der Waals surface area (Å²) < 4.78 is 38.4. The van der Waals surface area contributed by atoms with Crippen molar-refractivity contribution in [2.45, 2.75) is 6.18 Å². The van der Waals surface area contributed by atoms with Crippen molar-refractivity contribution in [2.75, 3.05) is 5.32 Å². The van der Waals surface area contributed by atoms with Gasteiger partial charge in [0.2, 0.25) is 0 Å². The fraction of sp³-hybridized carbons (Fsp3) is 0.0909. The molecule has 1 aromatic rings.